The minimum absolute atomic E-state index is 0.254. The molecule has 3 N–H and O–H groups in total. The van der Waals surface area contributed by atoms with E-state index in [9.17, 15) is 9.59 Å². The van der Waals surface area contributed by atoms with E-state index in [1.165, 1.54) is 24.1 Å². The summed E-state index contributed by atoms with van der Waals surface area (Å²) in [6.45, 7) is 0.254. The number of urea groups is 1. The molecular formula is C13H14N4O3. The van der Waals surface area contributed by atoms with Crippen LogP contribution in [0.25, 0.3) is 0 Å². The van der Waals surface area contributed by atoms with Crippen molar-refractivity contribution in [2.75, 3.05) is 19.1 Å². The minimum Gasteiger partial charge on any atom is -0.495 e. The van der Waals surface area contributed by atoms with E-state index in [0.717, 1.165) is 0 Å². The van der Waals surface area contributed by atoms with Crippen molar-refractivity contribution in [3.8, 4) is 5.75 Å². The molecule has 0 fully saturated rings. The zero-order valence-electron chi connectivity index (χ0n) is 10.9. The maximum Gasteiger partial charge on any atom is 0.327 e. The molecule has 0 spiro atoms. The highest BCUT2D eigenvalue weighted by Gasteiger charge is 2.15. The summed E-state index contributed by atoms with van der Waals surface area (Å²) in [6.07, 6.45) is 4.90. The second kappa shape index (κ2) is 5.87. The Labute approximate surface area is 115 Å². The Bertz CT molecular complexity index is 595. The maximum absolute atomic E-state index is 12.0. The largest absolute Gasteiger partial charge is 0.495 e. The summed E-state index contributed by atoms with van der Waals surface area (Å²) in [4.78, 5) is 28.5. The van der Waals surface area contributed by atoms with E-state index in [1.807, 2.05) is 0 Å². The number of benzene rings is 1. The van der Waals surface area contributed by atoms with Crippen molar-refractivity contribution in [1.82, 2.24) is 4.90 Å². The molecule has 0 aromatic heterocycles. The zero-order chi connectivity index (χ0) is 14.5. The molecule has 0 bridgehead atoms. The number of primary amides is 1. The lowest BCUT2D eigenvalue weighted by Gasteiger charge is -2.19. The molecule has 3 amide bonds. The molecule has 104 valence electrons. The highest BCUT2D eigenvalue weighted by molar-refractivity contribution is 5.96. The standard InChI is InChI=1S/C13H14N4O3/c1-20-11-7-9(12(14)18)3-4-10(11)16-13(19)17-6-2-5-15-8-17/h2-7H,8H2,1H3,(H2,14,18)(H,16,19). The van der Waals surface area contributed by atoms with E-state index in [2.05, 4.69) is 10.3 Å². The number of allylic oxidation sites excluding steroid dienone is 1. The van der Waals surface area contributed by atoms with E-state index in [-0.39, 0.29) is 12.7 Å². The minimum atomic E-state index is -0.561. The first-order chi connectivity index (χ1) is 9.61. The van der Waals surface area contributed by atoms with Gasteiger partial charge in [-0.1, -0.05) is 0 Å². The molecule has 20 heavy (non-hydrogen) atoms. The highest BCUT2D eigenvalue weighted by atomic mass is 16.5. The lowest BCUT2D eigenvalue weighted by molar-refractivity contribution is 0.1000. The van der Waals surface area contributed by atoms with Crippen LogP contribution in [-0.4, -0.2) is 36.8 Å². The van der Waals surface area contributed by atoms with Gasteiger partial charge in [0.2, 0.25) is 5.91 Å². The number of nitrogens with one attached hydrogen (secondary N) is 1. The summed E-state index contributed by atoms with van der Waals surface area (Å²) in [5.74, 6) is -0.200. The average molecular weight is 274 g/mol. The van der Waals surface area contributed by atoms with E-state index in [1.54, 1.807) is 24.6 Å². The Morgan fingerprint density at radius 1 is 1.45 bits per heavy atom. The predicted octanol–water partition coefficient (Wildman–Crippen LogP) is 1.18. The van der Waals surface area contributed by atoms with Crippen molar-refractivity contribution in [2.24, 2.45) is 10.7 Å². The second-order valence-corrected chi connectivity index (χ2v) is 3.99. The third-order valence-electron chi connectivity index (χ3n) is 2.68. The Kier molecular flexibility index (Phi) is 3.99. The van der Waals surface area contributed by atoms with Crippen LogP contribution in [0.15, 0.2) is 35.5 Å². The molecule has 0 aliphatic carbocycles. The van der Waals surface area contributed by atoms with E-state index in [0.29, 0.717) is 17.0 Å². The van der Waals surface area contributed by atoms with Crippen LogP contribution in [0, 0.1) is 0 Å². The summed E-state index contributed by atoms with van der Waals surface area (Å²) < 4.78 is 5.14. The quantitative estimate of drug-likeness (QED) is 0.866. The first kappa shape index (κ1) is 13.6. The monoisotopic (exact) mass is 274 g/mol. The number of nitrogens with two attached hydrogens (primary N) is 1. The number of rotatable bonds is 3. The Morgan fingerprint density at radius 2 is 2.25 bits per heavy atom. The molecule has 1 heterocycles. The molecule has 0 saturated heterocycles. The van der Waals surface area contributed by atoms with Crippen LogP contribution in [0.4, 0.5) is 10.5 Å². The average Bonchev–Trinajstić information content (AvgIpc) is 2.48. The van der Waals surface area contributed by atoms with Gasteiger partial charge in [-0.2, -0.15) is 0 Å². The van der Waals surface area contributed by atoms with Gasteiger partial charge in [0.05, 0.1) is 12.8 Å². The fourth-order valence-corrected chi connectivity index (χ4v) is 1.65. The molecule has 7 heteroatoms. The van der Waals surface area contributed by atoms with Crippen LogP contribution in [0.5, 0.6) is 5.75 Å². The van der Waals surface area contributed by atoms with Gasteiger partial charge in [0.25, 0.3) is 0 Å². The fraction of sp³-hybridized carbons (Fsp3) is 0.154. The van der Waals surface area contributed by atoms with Crippen molar-refractivity contribution < 1.29 is 14.3 Å². The number of ether oxygens (including phenoxy) is 1. The lowest BCUT2D eigenvalue weighted by Crippen LogP contribution is -2.32. The summed E-state index contributed by atoms with van der Waals surface area (Å²) in [6, 6.07) is 4.21. The van der Waals surface area contributed by atoms with Crippen molar-refractivity contribution in [1.29, 1.82) is 0 Å². The van der Waals surface area contributed by atoms with E-state index >= 15 is 0 Å². The number of amides is 3. The first-order valence-corrected chi connectivity index (χ1v) is 5.84. The summed E-state index contributed by atoms with van der Waals surface area (Å²) in [5.41, 5.74) is 5.95. The van der Waals surface area contributed by atoms with Crippen molar-refractivity contribution >= 4 is 23.8 Å². The normalized spacial score (nSPS) is 13.2. The van der Waals surface area contributed by atoms with Crippen LogP contribution in [0.3, 0.4) is 0 Å². The van der Waals surface area contributed by atoms with Gasteiger partial charge in [0.1, 0.15) is 12.4 Å². The number of carbonyl (C=O) groups is 2. The van der Waals surface area contributed by atoms with Crippen molar-refractivity contribution in [3.63, 3.8) is 0 Å². The molecular weight excluding hydrogens is 260 g/mol. The number of nitrogens with zero attached hydrogens (tertiary/aromatic N) is 2. The van der Waals surface area contributed by atoms with Gasteiger partial charge in [0.15, 0.2) is 0 Å². The van der Waals surface area contributed by atoms with Gasteiger partial charge < -0.3 is 15.8 Å². The molecule has 7 nitrogen and oxygen atoms in total. The maximum atomic E-state index is 12.0. The number of anilines is 1. The fourth-order valence-electron chi connectivity index (χ4n) is 1.65. The SMILES string of the molecule is COc1cc(C(N)=O)ccc1NC(=O)N1C=CC=NC1. The van der Waals surface area contributed by atoms with Gasteiger partial charge in [-0.05, 0) is 24.3 Å². The number of hydrogen-bond donors (Lipinski definition) is 2. The van der Waals surface area contributed by atoms with Gasteiger partial charge in [-0.15, -0.1) is 0 Å². The summed E-state index contributed by atoms with van der Waals surface area (Å²) >= 11 is 0. The van der Waals surface area contributed by atoms with Gasteiger partial charge in [-0.25, -0.2) is 4.79 Å². The van der Waals surface area contributed by atoms with Gasteiger partial charge in [-0.3, -0.25) is 14.7 Å². The molecule has 0 radical (unpaired) electrons. The van der Waals surface area contributed by atoms with Crippen LogP contribution in [0.2, 0.25) is 0 Å². The number of carbonyl (C=O) groups excluding carboxylic acids is 2. The van der Waals surface area contributed by atoms with Crippen LogP contribution >= 0.6 is 0 Å². The smallest absolute Gasteiger partial charge is 0.327 e. The molecule has 1 aromatic carbocycles. The van der Waals surface area contributed by atoms with Gasteiger partial charge in [0, 0.05) is 18.0 Å². The third-order valence-corrected chi connectivity index (χ3v) is 2.68. The summed E-state index contributed by atoms with van der Waals surface area (Å²) in [5, 5.41) is 2.68. The molecule has 0 unspecified atom stereocenters. The number of methoxy groups -OCH3 is 1. The van der Waals surface area contributed by atoms with E-state index in [4.69, 9.17) is 10.5 Å². The molecule has 2 rings (SSSR count). The Hall–Kier alpha value is -2.83. The molecule has 0 atom stereocenters. The Balaban J connectivity index is 2.16. The van der Waals surface area contributed by atoms with Crippen LogP contribution in [0.1, 0.15) is 10.4 Å². The van der Waals surface area contributed by atoms with Crippen LogP contribution < -0.4 is 15.8 Å². The topological polar surface area (TPSA) is 97.0 Å². The second-order valence-electron chi connectivity index (χ2n) is 3.99. The third kappa shape index (κ3) is 2.94. The summed E-state index contributed by atoms with van der Waals surface area (Å²) in [7, 11) is 1.45. The molecule has 1 aliphatic rings. The van der Waals surface area contributed by atoms with Crippen molar-refractivity contribution in [3.05, 3.63) is 36.0 Å². The number of hydrogen-bond acceptors (Lipinski definition) is 4. The zero-order valence-corrected chi connectivity index (χ0v) is 10.9. The Morgan fingerprint density at radius 3 is 2.85 bits per heavy atom. The molecule has 0 saturated carbocycles. The van der Waals surface area contributed by atoms with Gasteiger partial charge >= 0.3 is 6.03 Å². The lowest BCUT2D eigenvalue weighted by atomic mass is 10.2. The number of aliphatic imine (C=N–C) groups is 1. The first-order valence-electron chi connectivity index (χ1n) is 5.84. The van der Waals surface area contributed by atoms with Crippen LogP contribution in [-0.2, 0) is 0 Å². The van der Waals surface area contributed by atoms with Crippen molar-refractivity contribution in [2.45, 2.75) is 0 Å². The molecule has 1 aliphatic heterocycles. The predicted molar refractivity (Wildman–Crippen MR) is 74.9 cm³/mol. The highest BCUT2D eigenvalue weighted by Crippen LogP contribution is 2.25. The molecule has 1 aromatic rings. The van der Waals surface area contributed by atoms with E-state index < -0.39 is 5.91 Å².